The van der Waals surface area contributed by atoms with Crippen LogP contribution in [-0.4, -0.2) is 30.9 Å². The zero-order chi connectivity index (χ0) is 15.5. The summed E-state index contributed by atoms with van der Waals surface area (Å²) in [6.45, 7) is 0.977. The zero-order valence-corrected chi connectivity index (χ0v) is 13.3. The first-order valence-corrected chi connectivity index (χ1v) is 7.59. The summed E-state index contributed by atoms with van der Waals surface area (Å²) in [7, 11) is 3.11. The highest BCUT2D eigenvalue weighted by Crippen LogP contribution is 2.38. The van der Waals surface area contributed by atoms with Crippen LogP contribution in [0, 0.1) is 0 Å². The predicted molar refractivity (Wildman–Crippen MR) is 82.4 cm³/mol. The molecule has 1 aromatic heterocycles. The van der Waals surface area contributed by atoms with Crippen LogP contribution in [0.15, 0.2) is 16.7 Å². The highest BCUT2D eigenvalue weighted by molar-refractivity contribution is 6.32. The SMILES string of the molecule is COc1cc(-c2noc([C@@H]3CCCCN3)n2)cc(Cl)c1OC. The number of hydrogen-bond donors (Lipinski definition) is 1. The van der Waals surface area contributed by atoms with Gasteiger partial charge in [-0.1, -0.05) is 23.2 Å². The summed E-state index contributed by atoms with van der Waals surface area (Å²) < 4.78 is 15.9. The number of methoxy groups -OCH3 is 2. The average molecular weight is 324 g/mol. The highest BCUT2D eigenvalue weighted by Gasteiger charge is 2.22. The maximum atomic E-state index is 6.22. The minimum absolute atomic E-state index is 0.130. The molecule has 1 aliphatic heterocycles. The van der Waals surface area contributed by atoms with Gasteiger partial charge in [0.25, 0.3) is 0 Å². The zero-order valence-electron chi connectivity index (χ0n) is 12.6. The Balaban J connectivity index is 1.91. The van der Waals surface area contributed by atoms with Crippen molar-refractivity contribution >= 4 is 11.6 Å². The first-order chi connectivity index (χ1) is 10.7. The molecule has 0 amide bonds. The fourth-order valence-electron chi connectivity index (χ4n) is 2.60. The van der Waals surface area contributed by atoms with Gasteiger partial charge in [-0.3, -0.25) is 0 Å². The van der Waals surface area contributed by atoms with E-state index in [1.807, 2.05) is 0 Å². The molecule has 118 valence electrons. The van der Waals surface area contributed by atoms with E-state index in [1.165, 1.54) is 6.42 Å². The quantitative estimate of drug-likeness (QED) is 0.931. The Kier molecular flexibility index (Phi) is 4.49. The van der Waals surface area contributed by atoms with Crippen molar-refractivity contribution in [2.24, 2.45) is 0 Å². The second kappa shape index (κ2) is 6.54. The molecule has 2 aromatic rings. The molecule has 1 aromatic carbocycles. The molecule has 0 bridgehead atoms. The lowest BCUT2D eigenvalue weighted by atomic mass is 10.1. The molecule has 0 aliphatic carbocycles. The van der Waals surface area contributed by atoms with Gasteiger partial charge in [0.15, 0.2) is 11.5 Å². The lowest BCUT2D eigenvalue weighted by molar-refractivity contribution is 0.297. The van der Waals surface area contributed by atoms with Crippen LogP contribution in [0.4, 0.5) is 0 Å². The first kappa shape index (κ1) is 15.1. The van der Waals surface area contributed by atoms with Crippen molar-refractivity contribution < 1.29 is 14.0 Å². The van der Waals surface area contributed by atoms with E-state index < -0.39 is 0 Å². The highest BCUT2D eigenvalue weighted by atomic mass is 35.5. The van der Waals surface area contributed by atoms with Gasteiger partial charge in [0, 0.05) is 5.56 Å². The Morgan fingerprint density at radius 2 is 2.14 bits per heavy atom. The van der Waals surface area contributed by atoms with Crippen molar-refractivity contribution in [1.29, 1.82) is 0 Å². The van der Waals surface area contributed by atoms with E-state index in [9.17, 15) is 0 Å². The van der Waals surface area contributed by atoms with Gasteiger partial charge in [-0.2, -0.15) is 4.98 Å². The van der Waals surface area contributed by atoms with Crippen LogP contribution in [0.25, 0.3) is 11.4 Å². The lowest BCUT2D eigenvalue weighted by Crippen LogP contribution is -2.26. The van der Waals surface area contributed by atoms with Crippen LogP contribution in [0.2, 0.25) is 5.02 Å². The maximum Gasteiger partial charge on any atom is 0.244 e. The second-order valence-electron chi connectivity index (χ2n) is 5.15. The number of rotatable bonds is 4. The van der Waals surface area contributed by atoms with E-state index in [-0.39, 0.29) is 6.04 Å². The van der Waals surface area contributed by atoms with Gasteiger partial charge in [-0.15, -0.1) is 0 Å². The topological polar surface area (TPSA) is 69.4 Å². The Labute approximate surface area is 133 Å². The molecule has 0 spiro atoms. The summed E-state index contributed by atoms with van der Waals surface area (Å²) in [4.78, 5) is 4.48. The monoisotopic (exact) mass is 323 g/mol. The fourth-order valence-corrected chi connectivity index (χ4v) is 2.89. The molecule has 2 heterocycles. The van der Waals surface area contributed by atoms with Gasteiger partial charge in [0.05, 0.1) is 25.3 Å². The minimum atomic E-state index is 0.130. The van der Waals surface area contributed by atoms with Crippen molar-refractivity contribution in [3.05, 3.63) is 23.0 Å². The van der Waals surface area contributed by atoms with Gasteiger partial charge in [-0.05, 0) is 31.5 Å². The summed E-state index contributed by atoms with van der Waals surface area (Å²) in [6.07, 6.45) is 3.36. The Morgan fingerprint density at radius 1 is 1.27 bits per heavy atom. The van der Waals surface area contributed by atoms with E-state index in [2.05, 4.69) is 15.5 Å². The molecular formula is C15H18ClN3O3. The van der Waals surface area contributed by atoms with Gasteiger partial charge in [-0.25, -0.2) is 0 Å². The largest absolute Gasteiger partial charge is 0.493 e. The number of hydrogen-bond acceptors (Lipinski definition) is 6. The predicted octanol–water partition coefficient (Wildman–Crippen LogP) is 3.22. The van der Waals surface area contributed by atoms with Crippen molar-refractivity contribution in [3.63, 3.8) is 0 Å². The van der Waals surface area contributed by atoms with E-state index in [1.54, 1.807) is 26.4 Å². The summed E-state index contributed by atoms with van der Waals surface area (Å²) in [5.74, 6) is 2.13. The summed E-state index contributed by atoms with van der Waals surface area (Å²) in [5.41, 5.74) is 0.730. The van der Waals surface area contributed by atoms with Crippen molar-refractivity contribution in [3.8, 4) is 22.9 Å². The lowest BCUT2D eigenvalue weighted by Gasteiger charge is -2.19. The van der Waals surface area contributed by atoms with Gasteiger partial charge in [0.2, 0.25) is 11.7 Å². The third kappa shape index (κ3) is 2.89. The minimum Gasteiger partial charge on any atom is -0.493 e. The van der Waals surface area contributed by atoms with Crippen molar-refractivity contribution in [2.45, 2.75) is 25.3 Å². The third-order valence-electron chi connectivity index (χ3n) is 3.74. The maximum absolute atomic E-state index is 6.22. The molecule has 7 heteroatoms. The van der Waals surface area contributed by atoms with Crippen molar-refractivity contribution in [1.82, 2.24) is 15.5 Å². The molecule has 1 N–H and O–H groups in total. The van der Waals surface area contributed by atoms with Crippen molar-refractivity contribution in [2.75, 3.05) is 20.8 Å². The average Bonchev–Trinajstić information content (AvgIpc) is 3.05. The summed E-state index contributed by atoms with van der Waals surface area (Å²) in [6, 6.07) is 3.66. The standard InChI is InChI=1S/C15H18ClN3O3/c1-20-12-8-9(7-10(16)13(12)21-2)14-18-15(22-19-14)11-5-3-4-6-17-11/h7-8,11,17H,3-6H2,1-2H3/t11-/m0/s1. The van der Waals surface area contributed by atoms with Gasteiger partial charge >= 0.3 is 0 Å². The van der Waals surface area contributed by atoms with Crippen LogP contribution in [0.1, 0.15) is 31.2 Å². The van der Waals surface area contributed by atoms with Gasteiger partial charge in [0.1, 0.15) is 0 Å². The van der Waals surface area contributed by atoms with E-state index in [0.29, 0.717) is 28.2 Å². The van der Waals surface area contributed by atoms with E-state index in [4.69, 9.17) is 25.6 Å². The van der Waals surface area contributed by atoms with E-state index in [0.717, 1.165) is 24.9 Å². The molecule has 1 saturated heterocycles. The molecule has 22 heavy (non-hydrogen) atoms. The van der Waals surface area contributed by atoms with E-state index >= 15 is 0 Å². The second-order valence-corrected chi connectivity index (χ2v) is 5.56. The molecule has 1 atom stereocenters. The number of aromatic nitrogens is 2. The molecule has 0 unspecified atom stereocenters. The summed E-state index contributed by atoms with van der Waals surface area (Å²) >= 11 is 6.22. The summed E-state index contributed by atoms with van der Waals surface area (Å²) in [5, 5.41) is 7.88. The van der Waals surface area contributed by atoms with Crippen LogP contribution < -0.4 is 14.8 Å². The molecule has 1 fully saturated rings. The van der Waals surface area contributed by atoms with Crippen LogP contribution in [0.5, 0.6) is 11.5 Å². The number of benzene rings is 1. The molecule has 3 rings (SSSR count). The molecule has 6 nitrogen and oxygen atoms in total. The van der Waals surface area contributed by atoms with Crippen LogP contribution in [-0.2, 0) is 0 Å². The Morgan fingerprint density at radius 3 is 2.82 bits per heavy atom. The Bertz CT molecular complexity index is 653. The molecule has 0 saturated carbocycles. The van der Waals surface area contributed by atoms with Gasteiger partial charge < -0.3 is 19.3 Å². The third-order valence-corrected chi connectivity index (χ3v) is 4.02. The number of piperidine rings is 1. The molecule has 0 radical (unpaired) electrons. The fraction of sp³-hybridized carbons (Fsp3) is 0.467. The number of ether oxygens (including phenoxy) is 2. The smallest absolute Gasteiger partial charge is 0.244 e. The normalized spacial score (nSPS) is 18.2. The number of halogens is 1. The number of nitrogens with one attached hydrogen (secondary N) is 1. The Hall–Kier alpha value is -1.79. The van der Waals surface area contributed by atoms with Crippen LogP contribution in [0.3, 0.4) is 0 Å². The van der Waals surface area contributed by atoms with Crippen LogP contribution >= 0.6 is 11.6 Å². The molecular weight excluding hydrogens is 306 g/mol. The molecule has 1 aliphatic rings. The number of nitrogens with zero attached hydrogens (tertiary/aromatic N) is 2. The first-order valence-electron chi connectivity index (χ1n) is 7.22.